The highest BCUT2D eigenvalue weighted by Gasteiger charge is 2.45. The average molecular weight is 618 g/mol. The third-order valence-electron chi connectivity index (χ3n) is 10.6. The number of anilines is 1. The number of carbonyl (C=O) groups is 2. The Morgan fingerprint density at radius 1 is 0.978 bits per heavy atom. The number of thioether (sulfide) groups is 1. The lowest BCUT2D eigenvalue weighted by molar-refractivity contribution is -0.127. The van der Waals surface area contributed by atoms with Crippen LogP contribution in [0.2, 0.25) is 0 Å². The van der Waals surface area contributed by atoms with E-state index in [9.17, 15) is 9.59 Å². The SMILES string of the molecule is C=Cc1ccc(CC(=O)C2(NC(=O)c3ccc4c(C5CCCCC5)c5n(c4c3)CCN(C)c3cc(SC)ccc3-5)CCC2)cc1. The summed E-state index contributed by atoms with van der Waals surface area (Å²) in [6.07, 6.45) is 12.9. The van der Waals surface area contributed by atoms with Crippen molar-refractivity contribution < 1.29 is 9.59 Å². The smallest absolute Gasteiger partial charge is 0.252 e. The quantitative estimate of drug-likeness (QED) is 0.201. The van der Waals surface area contributed by atoms with Crippen molar-refractivity contribution in [3.63, 3.8) is 0 Å². The van der Waals surface area contributed by atoms with Crippen molar-refractivity contribution in [3.8, 4) is 11.3 Å². The zero-order valence-corrected chi connectivity index (χ0v) is 27.3. The Hall–Kier alpha value is -3.77. The number of ketones is 1. The predicted octanol–water partition coefficient (Wildman–Crippen LogP) is 8.64. The van der Waals surface area contributed by atoms with Gasteiger partial charge in [0.15, 0.2) is 5.78 Å². The Labute approximate surface area is 271 Å². The zero-order valence-electron chi connectivity index (χ0n) is 26.5. The van der Waals surface area contributed by atoms with Gasteiger partial charge in [0.1, 0.15) is 0 Å². The highest BCUT2D eigenvalue weighted by molar-refractivity contribution is 7.98. The van der Waals surface area contributed by atoms with Gasteiger partial charge >= 0.3 is 0 Å². The van der Waals surface area contributed by atoms with Crippen molar-refractivity contribution in [1.29, 1.82) is 0 Å². The third kappa shape index (κ3) is 5.41. The second-order valence-electron chi connectivity index (χ2n) is 13.2. The number of nitrogens with zero attached hydrogens (tertiary/aromatic N) is 2. The molecule has 6 heteroatoms. The molecule has 2 fully saturated rings. The van der Waals surface area contributed by atoms with E-state index in [1.54, 1.807) is 17.8 Å². The second-order valence-corrected chi connectivity index (χ2v) is 14.1. The molecule has 0 bridgehead atoms. The van der Waals surface area contributed by atoms with E-state index in [0.29, 0.717) is 30.7 Å². The van der Waals surface area contributed by atoms with E-state index in [-0.39, 0.29) is 11.7 Å². The monoisotopic (exact) mass is 617 g/mol. The molecule has 0 atom stereocenters. The first-order valence-corrected chi connectivity index (χ1v) is 17.8. The van der Waals surface area contributed by atoms with Crippen LogP contribution in [0.1, 0.15) is 84.3 Å². The molecule has 1 aromatic heterocycles. The number of nitrogens with one attached hydrogen (secondary N) is 1. The van der Waals surface area contributed by atoms with Crippen LogP contribution in [0, 0.1) is 0 Å². The van der Waals surface area contributed by atoms with Gasteiger partial charge in [-0.2, -0.15) is 0 Å². The van der Waals surface area contributed by atoms with Crippen LogP contribution in [0.4, 0.5) is 5.69 Å². The molecule has 0 unspecified atom stereocenters. The summed E-state index contributed by atoms with van der Waals surface area (Å²) in [5.74, 6) is 0.456. The molecule has 1 N–H and O–H groups in total. The Kier molecular flexibility index (Phi) is 8.11. The molecular formula is C39H43N3O2S. The van der Waals surface area contributed by atoms with E-state index in [1.807, 2.05) is 30.3 Å². The number of carbonyl (C=O) groups excluding carboxylic acids is 2. The first-order chi connectivity index (χ1) is 21.9. The maximum absolute atomic E-state index is 13.9. The van der Waals surface area contributed by atoms with Crippen molar-refractivity contribution in [2.75, 3.05) is 24.7 Å². The summed E-state index contributed by atoms with van der Waals surface area (Å²) in [4.78, 5) is 31.2. The lowest BCUT2D eigenvalue weighted by Crippen LogP contribution is -2.59. The number of benzene rings is 3. The number of rotatable bonds is 8. The zero-order chi connectivity index (χ0) is 31.1. The summed E-state index contributed by atoms with van der Waals surface area (Å²) < 4.78 is 2.48. The van der Waals surface area contributed by atoms with Crippen molar-refractivity contribution >= 4 is 46.1 Å². The predicted molar refractivity (Wildman–Crippen MR) is 188 cm³/mol. The molecule has 1 amide bonds. The molecule has 3 aromatic carbocycles. The first kappa shape index (κ1) is 29.9. The maximum atomic E-state index is 13.9. The fourth-order valence-corrected chi connectivity index (χ4v) is 8.22. The molecule has 2 heterocycles. The molecule has 4 aromatic rings. The molecule has 5 nitrogen and oxygen atoms in total. The number of fused-ring (bicyclic) bond motifs is 5. The van der Waals surface area contributed by atoms with Crippen molar-refractivity contribution in [1.82, 2.24) is 9.88 Å². The number of amides is 1. The third-order valence-corrected chi connectivity index (χ3v) is 11.3. The number of likely N-dealkylation sites (N-methyl/N-ethyl adjacent to an activating group) is 1. The molecule has 232 valence electrons. The number of aromatic nitrogens is 1. The largest absolute Gasteiger partial charge is 0.372 e. The summed E-state index contributed by atoms with van der Waals surface area (Å²) in [5, 5.41) is 4.50. The topological polar surface area (TPSA) is 54.3 Å². The summed E-state index contributed by atoms with van der Waals surface area (Å²) in [6, 6.07) is 21.1. The Bertz CT molecular complexity index is 1780. The fraction of sp³-hybridized carbons (Fsp3) is 0.385. The average Bonchev–Trinajstić information content (AvgIpc) is 3.31. The van der Waals surface area contributed by atoms with Gasteiger partial charge in [-0.3, -0.25) is 9.59 Å². The van der Waals surface area contributed by atoms with Gasteiger partial charge < -0.3 is 14.8 Å². The van der Waals surface area contributed by atoms with Gasteiger partial charge in [0.25, 0.3) is 5.91 Å². The molecule has 2 saturated carbocycles. The molecule has 2 aliphatic carbocycles. The summed E-state index contributed by atoms with van der Waals surface area (Å²) in [6.45, 7) is 5.57. The summed E-state index contributed by atoms with van der Waals surface area (Å²) >= 11 is 1.78. The second kappa shape index (κ2) is 12.2. The molecule has 0 saturated heterocycles. The Morgan fingerprint density at radius 3 is 2.44 bits per heavy atom. The maximum Gasteiger partial charge on any atom is 0.252 e. The number of hydrogen-bond donors (Lipinski definition) is 1. The van der Waals surface area contributed by atoms with Gasteiger partial charge in [0.2, 0.25) is 0 Å². The minimum Gasteiger partial charge on any atom is -0.372 e. The highest BCUT2D eigenvalue weighted by Crippen LogP contribution is 2.48. The summed E-state index contributed by atoms with van der Waals surface area (Å²) in [7, 11) is 2.19. The van der Waals surface area contributed by atoms with Gasteiger partial charge in [-0.1, -0.05) is 62.2 Å². The van der Waals surface area contributed by atoms with E-state index in [1.165, 1.54) is 64.9 Å². The van der Waals surface area contributed by atoms with Crippen molar-refractivity contribution in [2.45, 2.75) is 80.7 Å². The normalized spacial score (nSPS) is 17.6. The van der Waals surface area contributed by atoms with Gasteiger partial charge in [-0.05, 0) is 91.3 Å². The highest BCUT2D eigenvalue weighted by atomic mass is 32.2. The van der Waals surface area contributed by atoms with Gasteiger partial charge in [-0.15, -0.1) is 11.8 Å². The summed E-state index contributed by atoms with van der Waals surface area (Å²) in [5.41, 5.74) is 8.32. The van der Waals surface area contributed by atoms with Crippen molar-refractivity contribution in [2.24, 2.45) is 0 Å². The molecule has 45 heavy (non-hydrogen) atoms. The van der Waals surface area contributed by atoms with E-state index >= 15 is 0 Å². The molecule has 0 spiro atoms. The van der Waals surface area contributed by atoms with Crippen LogP contribution in [0.3, 0.4) is 0 Å². The van der Waals surface area contributed by atoms with Crippen LogP contribution >= 0.6 is 11.8 Å². The van der Waals surface area contributed by atoms with Gasteiger partial charge in [0, 0.05) is 59.2 Å². The van der Waals surface area contributed by atoms with Crippen LogP contribution < -0.4 is 10.2 Å². The minimum absolute atomic E-state index is 0.0925. The van der Waals surface area contributed by atoms with Crippen LogP contribution in [-0.2, 0) is 17.8 Å². The van der Waals surface area contributed by atoms with Crippen LogP contribution in [0.15, 0.2) is 72.1 Å². The first-order valence-electron chi connectivity index (χ1n) is 16.5. The van der Waals surface area contributed by atoms with E-state index in [2.05, 4.69) is 65.0 Å². The Morgan fingerprint density at radius 2 is 1.76 bits per heavy atom. The fourth-order valence-electron chi connectivity index (χ4n) is 7.79. The van der Waals surface area contributed by atoms with Crippen molar-refractivity contribution in [3.05, 3.63) is 89.5 Å². The van der Waals surface area contributed by atoms with Crippen LogP contribution in [0.25, 0.3) is 28.2 Å². The standard InChI is InChI=1S/C39H43N3O2S/c1-4-26-11-13-27(14-12-26)23-35(43)39(19-8-20-39)40-38(44)29-15-17-31-34(24-29)42-22-21-41(2)33-25-30(45-3)16-18-32(33)37(42)36(31)28-9-6-5-7-10-28/h4,11-18,24-25,28H,1,5-10,19-23H2,2-3H3,(H,40,44). The molecular weight excluding hydrogens is 575 g/mol. The van der Waals surface area contributed by atoms with Crippen LogP contribution in [0.5, 0.6) is 0 Å². The Balaban J connectivity index is 1.25. The lowest BCUT2D eigenvalue weighted by atomic mass is 9.72. The molecule has 1 aliphatic heterocycles. The lowest BCUT2D eigenvalue weighted by Gasteiger charge is -2.41. The number of Topliss-reactive ketones (excluding diaryl/α,β-unsaturated/α-hetero) is 1. The molecule has 7 rings (SSSR count). The van der Waals surface area contributed by atoms with E-state index < -0.39 is 5.54 Å². The van der Waals surface area contributed by atoms with Gasteiger partial charge in [0.05, 0.1) is 11.2 Å². The van der Waals surface area contributed by atoms with E-state index in [0.717, 1.165) is 36.2 Å². The van der Waals surface area contributed by atoms with Gasteiger partial charge in [-0.25, -0.2) is 0 Å². The molecule has 3 aliphatic rings. The van der Waals surface area contributed by atoms with E-state index in [4.69, 9.17) is 0 Å². The molecule has 0 radical (unpaired) electrons. The number of hydrogen-bond acceptors (Lipinski definition) is 4. The van der Waals surface area contributed by atoms with Crippen LogP contribution in [-0.4, -0.2) is 41.6 Å². The minimum atomic E-state index is -0.789.